The standard InChI is InChI=1S/C8H9FN2O2/c9-7-1-6(2-8(10)5-12)3-11(13)4-7/h1,3-4,10,12H,2,5H2. The SMILES string of the molecule is N=C(CO)Cc1cc(F)c[n+]([O-])c1. The first-order valence-electron chi connectivity index (χ1n) is 3.67. The van der Waals surface area contributed by atoms with Gasteiger partial charge in [-0.25, -0.2) is 4.39 Å². The van der Waals surface area contributed by atoms with Gasteiger partial charge in [0, 0.05) is 17.7 Å². The highest BCUT2D eigenvalue weighted by molar-refractivity contribution is 5.84. The number of hydrogen-bond acceptors (Lipinski definition) is 3. The largest absolute Gasteiger partial charge is 0.619 e. The Labute approximate surface area is 74.3 Å². The fraction of sp³-hybridized carbons (Fsp3) is 0.250. The van der Waals surface area contributed by atoms with Crippen LogP contribution >= 0.6 is 0 Å². The van der Waals surface area contributed by atoms with Gasteiger partial charge in [0.2, 0.25) is 6.20 Å². The van der Waals surface area contributed by atoms with Crippen molar-refractivity contribution in [2.75, 3.05) is 6.61 Å². The van der Waals surface area contributed by atoms with Gasteiger partial charge in [-0.15, -0.1) is 0 Å². The molecule has 0 aliphatic rings. The molecule has 1 rings (SSSR count). The van der Waals surface area contributed by atoms with Gasteiger partial charge < -0.3 is 15.7 Å². The third-order valence-corrected chi connectivity index (χ3v) is 1.48. The summed E-state index contributed by atoms with van der Waals surface area (Å²) in [6.45, 7) is -0.380. The molecular weight excluding hydrogens is 175 g/mol. The number of hydrogen-bond donors (Lipinski definition) is 2. The van der Waals surface area contributed by atoms with Crippen LogP contribution in [0.1, 0.15) is 5.56 Å². The normalized spacial score (nSPS) is 10.0. The van der Waals surface area contributed by atoms with E-state index in [-0.39, 0.29) is 18.7 Å². The van der Waals surface area contributed by atoms with Gasteiger partial charge in [-0.05, 0) is 6.07 Å². The molecule has 0 fully saturated rings. The van der Waals surface area contributed by atoms with Gasteiger partial charge in [-0.3, -0.25) is 0 Å². The van der Waals surface area contributed by atoms with Crippen molar-refractivity contribution in [2.45, 2.75) is 6.42 Å². The molecule has 0 amide bonds. The summed E-state index contributed by atoms with van der Waals surface area (Å²) in [5, 5.41) is 26.4. The summed E-state index contributed by atoms with van der Waals surface area (Å²) in [5.74, 6) is -0.641. The molecule has 0 aliphatic heterocycles. The quantitative estimate of drug-likeness (QED) is 0.394. The molecule has 0 bridgehead atoms. The molecular formula is C8H9FN2O2. The third kappa shape index (κ3) is 2.79. The maximum absolute atomic E-state index is 12.6. The topological polar surface area (TPSA) is 71.0 Å². The fourth-order valence-electron chi connectivity index (χ4n) is 0.973. The number of aliphatic hydroxyl groups is 1. The molecule has 0 radical (unpaired) electrons. The van der Waals surface area contributed by atoms with E-state index in [1.54, 1.807) is 0 Å². The lowest BCUT2D eigenvalue weighted by molar-refractivity contribution is -0.607. The second kappa shape index (κ2) is 3.95. The molecule has 70 valence electrons. The summed E-state index contributed by atoms with van der Waals surface area (Å²) in [7, 11) is 0. The van der Waals surface area contributed by atoms with Gasteiger partial charge >= 0.3 is 0 Å². The van der Waals surface area contributed by atoms with Crippen LogP contribution < -0.4 is 4.73 Å². The first-order chi connectivity index (χ1) is 6.11. The predicted molar refractivity (Wildman–Crippen MR) is 43.9 cm³/mol. The number of aliphatic hydroxyl groups excluding tert-OH is 1. The van der Waals surface area contributed by atoms with E-state index in [4.69, 9.17) is 10.5 Å². The minimum absolute atomic E-state index is 0.0469. The number of rotatable bonds is 3. The highest BCUT2D eigenvalue weighted by atomic mass is 19.1. The molecule has 0 unspecified atom stereocenters. The van der Waals surface area contributed by atoms with Gasteiger partial charge in [-0.1, -0.05) is 0 Å². The summed E-state index contributed by atoms with van der Waals surface area (Å²) in [5.41, 5.74) is 0.430. The van der Waals surface area contributed by atoms with Gasteiger partial charge in [0.05, 0.1) is 6.61 Å². The van der Waals surface area contributed by atoms with Crippen molar-refractivity contribution in [1.29, 1.82) is 5.41 Å². The van der Waals surface area contributed by atoms with Crippen molar-refractivity contribution in [1.82, 2.24) is 0 Å². The molecule has 0 saturated carbocycles. The van der Waals surface area contributed by atoms with E-state index in [1.807, 2.05) is 0 Å². The Morgan fingerprint density at radius 3 is 2.85 bits per heavy atom. The third-order valence-electron chi connectivity index (χ3n) is 1.48. The summed E-state index contributed by atoms with van der Waals surface area (Å²) in [6.07, 6.45) is 2.07. The molecule has 1 aromatic rings. The maximum Gasteiger partial charge on any atom is 0.216 e. The van der Waals surface area contributed by atoms with Crippen LogP contribution in [0.15, 0.2) is 18.5 Å². The van der Waals surface area contributed by atoms with Crippen molar-refractivity contribution < 1.29 is 14.2 Å². The highest BCUT2D eigenvalue weighted by Gasteiger charge is 2.05. The van der Waals surface area contributed by atoms with E-state index in [0.29, 0.717) is 10.3 Å². The Balaban J connectivity index is 2.83. The first-order valence-corrected chi connectivity index (χ1v) is 3.67. The minimum atomic E-state index is -0.641. The zero-order chi connectivity index (χ0) is 9.84. The van der Waals surface area contributed by atoms with Crippen LogP contribution in [-0.4, -0.2) is 17.4 Å². The van der Waals surface area contributed by atoms with Crippen molar-refractivity contribution in [2.24, 2.45) is 0 Å². The summed E-state index contributed by atoms with van der Waals surface area (Å²) in [6, 6.07) is 1.17. The molecule has 0 aliphatic carbocycles. The monoisotopic (exact) mass is 184 g/mol. The molecule has 0 saturated heterocycles. The maximum atomic E-state index is 12.6. The summed E-state index contributed by atoms with van der Waals surface area (Å²) in [4.78, 5) is 0. The Morgan fingerprint density at radius 2 is 2.31 bits per heavy atom. The van der Waals surface area contributed by atoms with E-state index in [1.165, 1.54) is 12.3 Å². The first kappa shape index (κ1) is 9.60. The van der Waals surface area contributed by atoms with E-state index in [9.17, 15) is 9.60 Å². The zero-order valence-corrected chi connectivity index (χ0v) is 6.83. The lowest BCUT2D eigenvalue weighted by Gasteiger charge is -2.01. The second-order valence-electron chi connectivity index (χ2n) is 2.66. The lowest BCUT2D eigenvalue weighted by Crippen LogP contribution is -2.26. The number of nitrogens with one attached hydrogen (secondary N) is 1. The Kier molecular flexibility index (Phi) is 2.92. The molecule has 1 aromatic heterocycles. The van der Waals surface area contributed by atoms with E-state index in [0.717, 1.165) is 6.20 Å². The van der Waals surface area contributed by atoms with Crippen molar-refractivity contribution in [3.8, 4) is 0 Å². The average molecular weight is 184 g/mol. The van der Waals surface area contributed by atoms with Crippen LogP contribution in [0.4, 0.5) is 4.39 Å². The van der Waals surface area contributed by atoms with Crippen LogP contribution in [0.25, 0.3) is 0 Å². The van der Waals surface area contributed by atoms with Crippen LogP contribution in [0, 0.1) is 16.4 Å². The predicted octanol–water partition coefficient (Wildman–Crippen LogP) is 0.0137. The smallest absolute Gasteiger partial charge is 0.216 e. The number of halogens is 1. The van der Waals surface area contributed by atoms with Crippen LogP contribution in [0.5, 0.6) is 0 Å². The zero-order valence-electron chi connectivity index (χ0n) is 6.83. The second-order valence-corrected chi connectivity index (χ2v) is 2.66. The Morgan fingerprint density at radius 1 is 1.62 bits per heavy atom. The Hall–Kier alpha value is -1.49. The Bertz CT molecular complexity index is 308. The lowest BCUT2D eigenvalue weighted by atomic mass is 10.1. The van der Waals surface area contributed by atoms with Gasteiger partial charge in [0.25, 0.3) is 0 Å². The van der Waals surface area contributed by atoms with Gasteiger partial charge in [0.15, 0.2) is 12.0 Å². The highest BCUT2D eigenvalue weighted by Crippen LogP contribution is 2.00. The molecule has 5 heteroatoms. The van der Waals surface area contributed by atoms with E-state index < -0.39 is 5.82 Å². The molecule has 0 spiro atoms. The van der Waals surface area contributed by atoms with Crippen molar-refractivity contribution >= 4 is 5.71 Å². The molecule has 13 heavy (non-hydrogen) atoms. The molecule has 0 atom stereocenters. The molecule has 2 N–H and O–H groups in total. The average Bonchev–Trinajstić information content (AvgIpc) is 2.02. The number of pyridine rings is 1. The summed E-state index contributed by atoms with van der Waals surface area (Å²) >= 11 is 0. The van der Waals surface area contributed by atoms with E-state index in [2.05, 4.69) is 0 Å². The van der Waals surface area contributed by atoms with E-state index >= 15 is 0 Å². The van der Waals surface area contributed by atoms with Crippen LogP contribution in [0.2, 0.25) is 0 Å². The van der Waals surface area contributed by atoms with Gasteiger partial charge in [0.1, 0.15) is 0 Å². The molecule has 1 heterocycles. The summed E-state index contributed by atoms with van der Waals surface area (Å²) < 4.78 is 13.0. The van der Waals surface area contributed by atoms with Crippen LogP contribution in [0.3, 0.4) is 0 Å². The van der Waals surface area contributed by atoms with Crippen molar-refractivity contribution in [3.05, 3.63) is 35.0 Å². The molecule has 4 nitrogen and oxygen atoms in total. The van der Waals surface area contributed by atoms with Gasteiger partial charge in [-0.2, -0.15) is 4.73 Å². The number of aromatic nitrogens is 1. The van der Waals surface area contributed by atoms with Crippen LogP contribution in [-0.2, 0) is 6.42 Å². The fourth-order valence-corrected chi connectivity index (χ4v) is 0.973. The molecule has 0 aromatic carbocycles. The number of nitrogens with zero attached hydrogens (tertiary/aromatic N) is 1. The van der Waals surface area contributed by atoms with Crippen molar-refractivity contribution in [3.63, 3.8) is 0 Å². The minimum Gasteiger partial charge on any atom is -0.619 e.